The van der Waals surface area contributed by atoms with Crippen molar-refractivity contribution < 1.29 is 13.9 Å². The van der Waals surface area contributed by atoms with Gasteiger partial charge in [-0.1, -0.05) is 15.9 Å². The molecule has 168 valence electrons. The summed E-state index contributed by atoms with van der Waals surface area (Å²) >= 11 is 3.56. The molecule has 0 spiro atoms. The van der Waals surface area contributed by atoms with Gasteiger partial charge in [0.1, 0.15) is 12.4 Å². The van der Waals surface area contributed by atoms with Gasteiger partial charge in [0.2, 0.25) is 5.91 Å². The summed E-state index contributed by atoms with van der Waals surface area (Å²) in [5, 5.41) is 3.08. The molecule has 6 heteroatoms. The summed E-state index contributed by atoms with van der Waals surface area (Å²) in [6.45, 7) is 3.68. The molecular weight excluding hydrogens is 447 g/mol. The number of likely N-dealkylation sites (tertiary alicyclic amines) is 1. The van der Waals surface area contributed by atoms with E-state index in [0.29, 0.717) is 12.0 Å². The second-order valence-corrected chi connectivity index (χ2v) is 9.94. The summed E-state index contributed by atoms with van der Waals surface area (Å²) in [4.78, 5) is 14.2. The SMILES string of the molecule is COCC(=O)N[C@H]1CC[C@H](CCCN2CCC(Cc3cc(F)ccc3Br)CC2)CC1. The maximum atomic E-state index is 13.5. The van der Waals surface area contributed by atoms with Gasteiger partial charge in [0, 0.05) is 17.6 Å². The Kier molecular flexibility index (Phi) is 9.60. The van der Waals surface area contributed by atoms with Gasteiger partial charge in [-0.05, 0) is 113 Å². The second-order valence-electron chi connectivity index (χ2n) is 9.09. The minimum Gasteiger partial charge on any atom is -0.375 e. The van der Waals surface area contributed by atoms with Crippen LogP contribution in [0.1, 0.15) is 56.9 Å². The van der Waals surface area contributed by atoms with Crippen LogP contribution in [0.15, 0.2) is 22.7 Å². The summed E-state index contributed by atoms with van der Waals surface area (Å²) in [6.07, 6.45) is 10.6. The largest absolute Gasteiger partial charge is 0.375 e. The van der Waals surface area contributed by atoms with Gasteiger partial charge in [0.05, 0.1) is 0 Å². The topological polar surface area (TPSA) is 41.6 Å². The van der Waals surface area contributed by atoms with Crippen molar-refractivity contribution in [3.05, 3.63) is 34.1 Å². The van der Waals surface area contributed by atoms with E-state index in [2.05, 4.69) is 26.1 Å². The van der Waals surface area contributed by atoms with E-state index in [1.54, 1.807) is 13.2 Å². The maximum absolute atomic E-state index is 13.5. The van der Waals surface area contributed by atoms with Gasteiger partial charge in [-0.25, -0.2) is 4.39 Å². The van der Waals surface area contributed by atoms with Crippen LogP contribution >= 0.6 is 15.9 Å². The summed E-state index contributed by atoms with van der Waals surface area (Å²) in [5.74, 6) is 1.33. The number of rotatable bonds is 9. The van der Waals surface area contributed by atoms with Gasteiger partial charge < -0.3 is 15.0 Å². The fourth-order valence-electron chi connectivity index (χ4n) is 5.02. The zero-order chi connectivity index (χ0) is 21.3. The number of methoxy groups -OCH3 is 1. The number of hydrogen-bond donors (Lipinski definition) is 1. The maximum Gasteiger partial charge on any atom is 0.246 e. The highest BCUT2D eigenvalue weighted by molar-refractivity contribution is 9.10. The first kappa shape index (κ1) is 23.7. The Labute approximate surface area is 189 Å². The first-order chi connectivity index (χ1) is 14.5. The Morgan fingerprint density at radius 2 is 1.90 bits per heavy atom. The Morgan fingerprint density at radius 3 is 2.60 bits per heavy atom. The molecule has 0 unspecified atom stereocenters. The lowest BCUT2D eigenvalue weighted by Crippen LogP contribution is -2.39. The van der Waals surface area contributed by atoms with Crippen molar-refractivity contribution in [1.29, 1.82) is 0 Å². The van der Waals surface area contributed by atoms with Crippen LogP contribution < -0.4 is 5.32 Å². The Morgan fingerprint density at radius 1 is 1.17 bits per heavy atom. The summed E-state index contributed by atoms with van der Waals surface area (Å²) in [7, 11) is 1.56. The van der Waals surface area contributed by atoms with Crippen LogP contribution in [-0.4, -0.2) is 50.2 Å². The minimum atomic E-state index is -0.142. The van der Waals surface area contributed by atoms with Gasteiger partial charge in [-0.3, -0.25) is 4.79 Å². The quantitative estimate of drug-likeness (QED) is 0.541. The number of carbonyl (C=O) groups is 1. The predicted octanol–water partition coefficient (Wildman–Crippen LogP) is 4.94. The number of carbonyl (C=O) groups excluding carboxylic acids is 1. The van der Waals surface area contributed by atoms with Gasteiger partial charge in [0.25, 0.3) is 0 Å². The molecule has 0 atom stereocenters. The fraction of sp³-hybridized carbons (Fsp3) is 0.708. The number of ether oxygens (including phenoxy) is 1. The molecule has 1 N–H and O–H groups in total. The lowest BCUT2D eigenvalue weighted by Gasteiger charge is -2.33. The first-order valence-electron chi connectivity index (χ1n) is 11.5. The smallest absolute Gasteiger partial charge is 0.246 e. The number of piperidine rings is 1. The molecule has 0 aromatic heterocycles. The molecule has 1 saturated heterocycles. The fourth-order valence-corrected chi connectivity index (χ4v) is 5.43. The first-order valence-corrected chi connectivity index (χ1v) is 12.3. The van der Waals surface area contributed by atoms with Gasteiger partial charge in [-0.2, -0.15) is 0 Å². The molecular formula is C24H36BrFN2O2. The molecule has 1 aromatic carbocycles. The molecule has 3 rings (SSSR count). The van der Waals surface area contributed by atoms with Crippen molar-refractivity contribution in [3.8, 4) is 0 Å². The molecule has 1 aromatic rings. The predicted molar refractivity (Wildman–Crippen MR) is 122 cm³/mol. The Hall–Kier alpha value is -0.980. The van der Waals surface area contributed by atoms with Crippen molar-refractivity contribution in [3.63, 3.8) is 0 Å². The van der Waals surface area contributed by atoms with Gasteiger partial charge in [-0.15, -0.1) is 0 Å². The van der Waals surface area contributed by atoms with Crippen molar-refractivity contribution in [2.75, 3.05) is 33.4 Å². The number of halogens is 2. The second kappa shape index (κ2) is 12.2. The molecule has 0 bridgehead atoms. The third kappa shape index (κ3) is 7.61. The highest BCUT2D eigenvalue weighted by Crippen LogP contribution is 2.29. The number of amides is 1. The van der Waals surface area contributed by atoms with E-state index < -0.39 is 0 Å². The molecule has 1 saturated carbocycles. The van der Waals surface area contributed by atoms with E-state index in [4.69, 9.17) is 4.74 Å². The van der Waals surface area contributed by atoms with Crippen molar-refractivity contribution >= 4 is 21.8 Å². The van der Waals surface area contributed by atoms with Crippen LogP contribution in [-0.2, 0) is 16.0 Å². The normalized spacial score (nSPS) is 23.4. The number of hydrogen-bond acceptors (Lipinski definition) is 3. The molecule has 1 heterocycles. The highest BCUT2D eigenvalue weighted by Gasteiger charge is 2.23. The van der Waals surface area contributed by atoms with Gasteiger partial charge >= 0.3 is 0 Å². The standard InChI is InChI=1S/C24H36BrFN2O2/c1-30-17-24(29)27-22-7-4-18(5-8-22)3-2-12-28-13-10-19(11-14-28)15-20-16-21(26)6-9-23(20)25/h6,9,16,18-19,22H,2-5,7-8,10-15,17H2,1H3,(H,27,29)/t18-,22-. The van der Waals surface area contributed by atoms with Crippen molar-refractivity contribution in [1.82, 2.24) is 10.2 Å². The molecule has 2 fully saturated rings. The van der Waals surface area contributed by atoms with Crippen LogP contribution in [0.2, 0.25) is 0 Å². The van der Waals surface area contributed by atoms with Crippen LogP contribution in [0.25, 0.3) is 0 Å². The van der Waals surface area contributed by atoms with Crippen LogP contribution in [0, 0.1) is 17.7 Å². The third-order valence-corrected chi connectivity index (χ3v) is 7.57. The molecule has 4 nitrogen and oxygen atoms in total. The van der Waals surface area contributed by atoms with Crippen LogP contribution in [0.3, 0.4) is 0 Å². The number of nitrogens with zero attached hydrogens (tertiary/aromatic N) is 1. The lowest BCUT2D eigenvalue weighted by atomic mass is 9.83. The van der Waals surface area contributed by atoms with E-state index in [-0.39, 0.29) is 18.3 Å². The van der Waals surface area contributed by atoms with Crippen molar-refractivity contribution in [2.45, 2.75) is 63.8 Å². The van der Waals surface area contributed by atoms with E-state index in [0.717, 1.165) is 48.3 Å². The zero-order valence-electron chi connectivity index (χ0n) is 18.2. The molecule has 30 heavy (non-hydrogen) atoms. The number of nitrogens with one attached hydrogen (secondary N) is 1. The van der Waals surface area contributed by atoms with Crippen molar-refractivity contribution in [2.24, 2.45) is 11.8 Å². The van der Waals surface area contributed by atoms with Crippen LogP contribution in [0.4, 0.5) is 4.39 Å². The lowest BCUT2D eigenvalue weighted by molar-refractivity contribution is -0.125. The van der Waals surface area contributed by atoms with Gasteiger partial charge in [0.15, 0.2) is 0 Å². The average Bonchev–Trinajstić information content (AvgIpc) is 2.73. The molecule has 1 amide bonds. The molecule has 0 radical (unpaired) electrons. The summed E-state index contributed by atoms with van der Waals surface area (Å²) in [6, 6.07) is 5.34. The van der Waals surface area contributed by atoms with E-state index in [1.807, 2.05) is 6.07 Å². The van der Waals surface area contributed by atoms with E-state index in [9.17, 15) is 9.18 Å². The summed E-state index contributed by atoms with van der Waals surface area (Å²) < 4.78 is 19.4. The van der Waals surface area contributed by atoms with E-state index >= 15 is 0 Å². The highest BCUT2D eigenvalue weighted by atomic mass is 79.9. The molecule has 1 aliphatic heterocycles. The Balaban J connectivity index is 1.28. The summed E-state index contributed by atoms with van der Waals surface area (Å²) in [5.41, 5.74) is 1.10. The molecule has 2 aliphatic rings. The zero-order valence-corrected chi connectivity index (χ0v) is 19.8. The van der Waals surface area contributed by atoms with Crippen LogP contribution in [0.5, 0.6) is 0 Å². The third-order valence-electron chi connectivity index (χ3n) is 6.80. The molecule has 1 aliphatic carbocycles. The van der Waals surface area contributed by atoms with E-state index in [1.165, 1.54) is 51.1 Å². The Bertz CT molecular complexity index is 671. The monoisotopic (exact) mass is 482 g/mol. The minimum absolute atomic E-state index is 0.00843. The number of benzene rings is 1. The average molecular weight is 483 g/mol.